The number of carbonyl (C=O) groups is 6. The molecule has 59 heavy (non-hydrogen) atoms. The van der Waals surface area contributed by atoms with E-state index in [9.17, 15) is 39.0 Å². The fraction of sp³-hybridized carbons (Fsp3) is 0.651. The topological polar surface area (TPSA) is 205 Å². The average molecular weight is 844 g/mol. The number of nitrogens with one attached hydrogen (secondary N) is 2. The minimum atomic E-state index is -1.01. The Morgan fingerprint density at radius 2 is 1.68 bits per heavy atom. The molecule has 1 aliphatic rings. The summed E-state index contributed by atoms with van der Waals surface area (Å²) in [5.74, 6) is -4.54. The fourth-order valence-electron chi connectivity index (χ4n) is 7.19. The zero-order valence-electron chi connectivity index (χ0n) is 36.1. The van der Waals surface area contributed by atoms with Crippen LogP contribution in [0.15, 0.2) is 29.6 Å². The van der Waals surface area contributed by atoms with Crippen molar-refractivity contribution in [3.8, 4) is 5.75 Å². The van der Waals surface area contributed by atoms with Gasteiger partial charge in [-0.2, -0.15) is 0 Å². The van der Waals surface area contributed by atoms with Crippen molar-refractivity contribution in [2.75, 3.05) is 20.3 Å². The molecule has 15 nitrogen and oxygen atoms in total. The number of carboxylic acids is 1. The summed E-state index contributed by atoms with van der Waals surface area (Å²) in [5, 5.41) is 27.1. The minimum Gasteiger partial charge on any atom is -0.508 e. The number of carbonyl (C=O) groups excluding carboxylic acids is 5. The Morgan fingerprint density at radius 1 is 1.00 bits per heavy atom. The highest BCUT2D eigenvalue weighted by molar-refractivity contribution is 7.09. The monoisotopic (exact) mass is 843 g/mol. The maximum Gasteiger partial charge on any atom is 0.307 e. The van der Waals surface area contributed by atoms with Crippen LogP contribution in [-0.2, 0) is 39.9 Å². The number of piperidine rings is 1. The van der Waals surface area contributed by atoms with Gasteiger partial charge in [0.15, 0.2) is 12.8 Å². The van der Waals surface area contributed by atoms with Crippen molar-refractivity contribution >= 4 is 47.0 Å². The number of amides is 3. The maximum atomic E-state index is 14.8. The second-order valence-electron chi connectivity index (χ2n) is 16.6. The molecule has 0 spiro atoms. The highest BCUT2D eigenvalue weighted by Crippen LogP contribution is 2.32. The van der Waals surface area contributed by atoms with Crippen LogP contribution >= 0.6 is 11.3 Å². The highest BCUT2D eigenvalue weighted by Gasteiger charge is 2.39. The molecule has 0 aliphatic carbocycles. The normalized spacial score (nSPS) is 17.6. The van der Waals surface area contributed by atoms with E-state index in [0.717, 1.165) is 36.3 Å². The Hall–Kier alpha value is -4.57. The first-order valence-corrected chi connectivity index (χ1v) is 21.6. The Bertz CT molecular complexity index is 1720. The fourth-order valence-corrected chi connectivity index (χ4v) is 8.03. The lowest BCUT2D eigenvalue weighted by molar-refractivity contribution is -0.161. The molecular weight excluding hydrogens is 779 g/mol. The predicted octanol–water partition coefficient (Wildman–Crippen LogP) is 5.71. The highest BCUT2D eigenvalue weighted by atomic mass is 32.1. The molecule has 3 amide bonds. The molecule has 1 fully saturated rings. The van der Waals surface area contributed by atoms with Crippen molar-refractivity contribution in [3.63, 3.8) is 0 Å². The molecule has 16 heteroatoms. The number of aromatic nitrogens is 1. The minimum absolute atomic E-state index is 0.0143. The first-order valence-electron chi connectivity index (χ1n) is 20.7. The van der Waals surface area contributed by atoms with Gasteiger partial charge in [0.25, 0.3) is 5.91 Å². The summed E-state index contributed by atoms with van der Waals surface area (Å²) in [6.45, 7) is 14.6. The van der Waals surface area contributed by atoms with Crippen molar-refractivity contribution in [1.82, 2.24) is 25.4 Å². The van der Waals surface area contributed by atoms with Crippen molar-refractivity contribution in [1.29, 1.82) is 0 Å². The summed E-state index contributed by atoms with van der Waals surface area (Å²) >= 11 is 1.10. The average Bonchev–Trinajstić information content (AvgIpc) is 3.67. The van der Waals surface area contributed by atoms with Crippen LogP contribution in [0.5, 0.6) is 5.75 Å². The smallest absolute Gasteiger partial charge is 0.307 e. The summed E-state index contributed by atoms with van der Waals surface area (Å²) < 4.78 is 11.5. The number of likely N-dealkylation sites (N-methyl/N-ethyl adjacent to an activating group) is 1. The zero-order chi connectivity index (χ0) is 44.0. The largest absolute Gasteiger partial charge is 0.508 e. The molecule has 1 aliphatic heterocycles. The van der Waals surface area contributed by atoms with Crippen LogP contribution in [0.2, 0.25) is 0 Å². The van der Waals surface area contributed by atoms with Crippen molar-refractivity contribution in [3.05, 3.63) is 45.9 Å². The van der Waals surface area contributed by atoms with E-state index >= 15 is 0 Å². The summed E-state index contributed by atoms with van der Waals surface area (Å²) in [7, 11) is 1.90. The van der Waals surface area contributed by atoms with Gasteiger partial charge >= 0.3 is 17.9 Å². The molecule has 1 saturated heterocycles. The first kappa shape index (κ1) is 48.8. The quantitative estimate of drug-likeness (QED) is 0.0832. The zero-order valence-corrected chi connectivity index (χ0v) is 36.9. The molecular formula is C43H65N5O10S. The Kier molecular flexibility index (Phi) is 19.3. The van der Waals surface area contributed by atoms with Gasteiger partial charge in [0, 0.05) is 37.2 Å². The second-order valence-corrected chi connectivity index (χ2v) is 17.5. The van der Waals surface area contributed by atoms with Crippen LogP contribution in [0.25, 0.3) is 0 Å². The number of hydrogen-bond acceptors (Lipinski definition) is 12. The van der Waals surface area contributed by atoms with E-state index in [1.54, 1.807) is 19.1 Å². The number of carboxylic acid groups (broad SMARTS) is 1. The Morgan fingerprint density at radius 3 is 2.25 bits per heavy atom. The van der Waals surface area contributed by atoms with Crippen LogP contribution in [0.4, 0.5) is 0 Å². The standard InChI is InChI=1S/C43H65N5O10S/c1-10-27(6)38(46-40(53)34-13-11-12-18-47(34)9)42(54)48(24-57-37(51)19-25(2)3)35(26(4)5)22-36(58-29(8)49)41-45-33(23-59-41)39(52)44-31(20-28(7)43(55)56)21-30-14-16-32(50)17-15-30/h14-17,23,25-28,31,34-36,38,50H,10-13,18-22,24H2,1-9H3,(H,44,52)(H,46,53)(H,55,56)/t27-,28-,31+,34+,35-,36-,38-/m1/s1. The number of phenolic OH excluding ortho intramolecular Hbond substituents is 1. The molecule has 1 aromatic heterocycles. The number of rotatable bonds is 22. The summed E-state index contributed by atoms with van der Waals surface area (Å²) in [5.41, 5.74) is 0.814. The van der Waals surface area contributed by atoms with E-state index in [-0.39, 0.29) is 60.4 Å². The molecule has 1 aromatic carbocycles. The summed E-state index contributed by atoms with van der Waals surface area (Å²) in [6.07, 6.45) is 2.73. The lowest BCUT2D eigenvalue weighted by Gasteiger charge is -2.39. The van der Waals surface area contributed by atoms with Crippen LogP contribution in [-0.4, -0.2) is 105 Å². The lowest BCUT2D eigenvalue weighted by Crippen LogP contribution is -2.59. The van der Waals surface area contributed by atoms with Crippen LogP contribution in [0.3, 0.4) is 0 Å². The Balaban J connectivity index is 1.96. The SMILES string of the molecule is CC[C@@H](C)[C@@H](NC(=O)[C@@H]1CCCCN1C)C(=O)N(COC(=O)CC(C)C)[C@H](C[C@@H](OC(C)=O)c1nc(C(=O)N[C@H](Cc2ccc(O)cc2)C[C@@H](C)C(=O)O)cs1)C(C)C. The van der Waals surface area contributed by atoms with Gasteiger partial charge in [0.1, 0.15) is 22.5 Å². The first-order chi connectivity index (χ1) is 27.8. The van der Waals surface area contributed by atoms with E-state index in [1.165, 1.54) is 29.3 Å². The van der Waals surface area contributed by atoms with Gasteiger partial charge in [-0.3, -0.25) is 33.7 Å². The van der Waals surface area contributed by atoms with Gasteiger partial charge in [-0.25, -0.2) is 4.98 Å². The van der Waals surface area contributed by atoms with E-state index in [2.05, 4.69) is 15.6 Å². The van der Waals surface area contributed by atoms with E-state index in [4.69, 9.17) is 9.47 Å². The van der Waals surface area contributed by atoms with E-state index < -0.39 is 66.6 Å². The molecule has 328 valence electrons. The third-order valence-electron chi connectivity index (χ3n) is 10.8. The summed E-state index contributed by atoms with van der Waals surface area (Å²) in [4.78, 5) is 87.4. The predicted molar refractivity (Wildman–Crippen MR) is 223 cm³/mol. The Labute approximate surface area is 352 Å². The van der Waals surface area contributed by atoms with Gasteiger partial charge < -0.3 is 35.2 Å². The van der Waals surface area contributed by atoms with Crippen LogP contribution in [0, 0.1) is 23.7 Å². The summed E-state index contributed by atoms with van der Waals surface area (Å²) in [6, 6.07) is 3.83. The third-order valence-corrected chi connectivity index (χ3v) is 11.8. The number of thiazole rings is 1. The number of esters is 2. The van der Waals surface area contributed by atoms with Gasteiger partial charge in [-0.05, 0) is 74.7 Å². The molecule has 3 rings (SSSR count). The van der Waals surface area contributed by atoms with Gasteiger partial charge in [0.05, 0.1) is 12.0 Å². The van der Waals surface area contributed by atoms with Gasteiger partial charge in [-0.1, -0.05) is 73.4 Å². The molecule has 0 radical (unpaired) electrons. The van der Waals surface area contributed by atoms with E-state index in [0.29, 0.717) is 24.3 Å². The molecule has 0 unspecified atom stereocenters. The number of benzene rings is 1. The molecule has 7 atom stereocenters. The second kappa shape index (κ2) is 23.3. The van der Waals surface area contributed by atoms with Crippen molar-refractivity contribution < 1.29 is 48.5 Å². The van der Waals surface area contributed by atoms with Gasteiger partial charge in [0.2, 0.25) is 11.8 Å². The van der Waals surface area contributed by atoms with Gasteiger partial charge in [-0.15, -0.1) is 11.3 Å². The number of likely N-dealkylation sites (tertiary alicyclic amines) is 1. The third kappa shape index (κ3) is 15.2. The maximum absolute atomic E-state index is 14.8. The number of nitrogens with zero attached hydrogens (tertiary/aromatic N) is 3. The van der Waals surface area contributed by atoms with E-state index in [1.807, 2.05) is 53.5 Å². The molecule has 2 aromatic rings. The van der Waals surface area contributed by atoms with Crippen LogP contribution < -0.4 is 10.6 Å². The number of hydrogen-bond donors (Lipinski definition) is 4. The molecule has 0 bridgehead atoms. The number of ether oxygens (including phenoxy) is 2. The number of phenols is 1. The number of aromatic hydroxyl groups is 1. The molecule has 2 heterocycles. The lowest BCUT2D eigenvalue weighted by atomic mass is 9.92. The van der Waals surface area contributed by atoms with Crippen molar-refractivity contribution in [2.45, 2.75) is 137 Å². The number of aliphatic carboxylic acids is 1. The molecule has 0 saturated carbocycles. The molecule has 4 N–H and O–H groups in total. The van der Waals surface area contributed by atoms with Crippen molar-refractivity contribution in [2.24, 2.45) is 23.7 Å². The van der Waals surface area contributed by atoms with Crippen LogP contribution in [0.1, 0.15) is 127 Å².